The maximum Gasteiger partial charge on any atom is 0.296 e. The molecule has 3 amide bonds. The third-order valence-corrected chi connectivity index (χ3v) is 4.07. The Hall–Kier alpha value is -3.75. The summed E-state index contributed by atoms with van der Waals surface area (Å²) >= 11 is 0. The standard InChI is InChI=1S/C18H15N3O6/c1-27-13-5-6-14(15(10-13)21(25)26)19-18(24)11-3-2-4-12(9-11)20-16(22)7-8-17(20)23/h2-6,9-10H,7-8H2,1H3,(H,19,24). The fraction of sp³-hybridized carbons (Fsp3) is 0.167. The Morgan fingerprint density at radius 2 is 1.85 bits per heavy atom. The van der Waals surface area contributed by atoms with Gasteiger partial charge in [0.25, 0.3) is 11.6 Å². The van der Waals surface area contributed by atoms with Gasteiger partial charge < -0.3 is 10.1 Å². The van der Waals surface area contributed by atoms with Crippen molar-refractivity contribution in [3.63, 3.8) is 0 Å². The van der Waals surface area contributed by atoms with Gasteiger partial charge in [-0.1, -0.05) is 6.07 Å². The molecule has 0 spiro atoms. The van der Waals surface area contributed by atoms with E-state index in [0.29, 0.717) is 5.69 Å². The molecule has 27 heavy (non-hydrogen) atoms. The van der Waals surface area contributed by atoms with Gasteiger partial charge in [-0.05, 0) is 30.3 Å². The van der Waals surface area contributed by atoms with Crippen LogP contribution in [0.5, 0.6) is 5.75 Å². The summed E-state index contributed by atoms with van der Waals surface area (Å²) < 4.78 is 4.96. The lowest BCUT2D eigenvalue weighted by Gasteiger charge is -2.15. The Labute approximate surface area is 153 Å². The zero-order valence-corrected chi connectivity index (χ0v) is 14.3. The molecule has 2 aromatic rings. The number of carbonyl (C=O) groups excluding carboxylic acids is 3. The van der Waals surface area contributed by atoms with Crippen molar-refractivity contribution in [2.75, 3.05) is 17.3 Å². The highest BCUT2D eigenvalue weighted by Crippen LogP contribution is 2.30. The summed E-state index contributed by atoms with van der Waals surface area (Å²) in [5.41, 5.74) is 0.137. The number of hydrogen-bond acceptors (Lipinski definition) is 6. The third kappa shape index (κ3) is 3.61. The number of nitrogens with zero attached hydrogens (tertiary/aromatic N) is 2. The SMILES string of the molecule is COc1ccc(NC(=O)c2cccc(N3C(=O)CCC3=O)c2)c([N+](=O)[O-])c1. The van der Waals surface area contributed by atoms with E-state index >= 15 is 0 Å². The number of nitrogens with one attached hydrogen (secondary N) is 1. The van der Waals surface area contributed by atoms with Crippen molar-refractivity contribution in [2.24, 2.45) is 0 Å². The summed E-state index contributed by atoms with van der Waals surface area (Å²) in [4.78, 5) is 47.9. The van der Waals surface area contributed by atoms with Crippen molar-refractivity contribution >= 4 is 34.8 Å². The van der Waals surface area contributed by atoms with Gasteiger partial charge >= 0.3 is 0 Å². The fourth-order valence-corrected chi connectivity index (χ4v) is 2.74. The number of anilines is 2. The van der Waals surface area contributed by atoms with Gasteiger partial charge in [0.1, 0.15) is 11.4 Å². The number of nitro groups is 1. The van der Waals surface area contributed by atoms with Crippen LogP contribution in [0.15, 0.2) is 42.5 Å². The zero-order valence-electron chi connectivity index (χ0n) is 14.3. The highest BCUT2D eigenvalue weighted by molar-refractivity contribution is 6.20. The first-order valence-electron chi connectivity index (χ1n) is 8.00. The van der Waals surface area contributed by atoms with E-state index in [1.165, 1.54) is 43.5 Å². The molecule has 0 radical (unpaired) electrons. The number of methoxy groups -OCH3 is 1. The van der Waals surface area contributed by atoms with E-state index in [9.17, 15) is 24.5 Å². The number of hydrogen-bond donors (Lipinski definition) is 1. The molecule has 9 heteroatoms. The number of carbonyl (C=O) groups is 3. The third-order valence-electron chi connectivity index (χ3n) is 4.07. The second kappa shape index (κ2) is 7.24. The van der Waals surface area contributed by atoms with Crippen LogP contribution >= 0.6 is 0 Å². The molecule has 0 atom stereocenters. The molecule has 9 nitrogen and oxygen atoms in total. The van der Waals surface area contributed by atoms with Crippen molar-refractivity contribution in [3.8, 4) is 5.75 Å². The maximum absolute atomic E-state index is 12.5. The Morgan fingerprint density at radius 1 is 1.15 bits per heavy atom. The second-order valence-electron chi connectivity index (χ2n) is 5.77. The van der Waals surface area contributed by atoms with E-state index in [4.69, 9.17) is 4.74 Å². The van der Waals surface area contributed by atoms with Gasteiger partial charge in [-0.25, -0.2) is 0 Å². The second-order valence-corrected chi connectivity index (χ2v) is 5.77. The van der Waals surface area contributed by atoms with Crippen LogP contribution in [0.4, 0.5) is 17.1 Å². The summed E-state index contributed by atoms with van der Waals surface area (Å²) in [5, 5.41) is 13.7. The number of imide groups is 1. The molecule has 1 N–H and O–H groups in total. The van der Waals surface area contributed by atoms with E-state index in [1.54, 1.807) is 6.07 Å². The lowest BCUT2D eigenvalue weighted by molar-refractivity contribution is -0.384. The number of nitro benzene ring substituents is 1. The van der Waals surface area contributed by atoms with E-state index < -0.39 is 10.8 Å². The van der Waals surface area contributed by atoms with Crippen LogP contribution in [0.2, 0.25) is 0 Å². The summed E-state index contributed by atoms with van der Waals surface area (Å²) in [5.74, 6) is -0.983. The van der Waals surface area contributed by atoms with Crippen molar-refractivity contribution in [1.29, 1.82) is 0 Å². The first-order valence-corrected chi connectivity index (χ1v) is 8.00. The molecule has 2 aromatic carbocycles. The maximum atomic E-state index is 12.5. The van der Waals surface area contributed by atoms with Gasteiger partial charge in [-0.2, -0.15) is 0 Å². The molecule has 138 valence electrons. The summed E-state index contributed by atoms with van der Waals surface area (Å²) in [6.45, 7) is 0. The Kier molecular flexibility index (Phi) is 4.84. The lowest BCUT2D eigenvalue weighted by Crippen LogP contribution is -2.28. The highest BCUT2D eigenvalue weighted by Gasteiger charge is 2.30. The minimum Gasteiger partial charge on any atom is -0.496 e. The first-order chi connectivity index (χ1) is 12.9. The van der Waals surface area contributed by atoms with Crippen molar-refractivity contribution < 1.29 is 24.0 Å². The molecule has 1 fully saturated rings. The molecular formula is C18H15N3O6. The van der Waals surface area contributed by atoms with Gasteiger partial charge in [0, 0.05) is 18.4 Å². The normalized spacial score (nSPS) is 13.6. The average molecular weight is 369 g/mol. The molecule has 1 heterocycles. The van der Waals surface area contributed by atoms with E-state index in [1.807, 2.05) is 0 Å². The minimum absolute atomic E-state index is 0.00419. The molecular weight excluding hydrogens is 354 g/mol. The summed E-state index contributed by atoms with van der Waals surface area (Å²) in [6.07, 6.45) is 0.264. The summed E-state index contributed by atoms with van der Waals surface area (Å²) in [7, 11) is 1.38. The Balaban J connectivity index is 1.87. The molecule has 3 rings (SSSR count). The van der Waals surface area contributed by atoms with Gasteiger partial charge in [0.05, 0.1) is 23.8 Å². The quantitative estimate of drug-likeness (QED) is 0.491. The van der Waals surface area contributed by atoms with Crippen LogP contribution in [-0.2, 0) is 9.59 Å². The number of benzene rings is 2. The van der Waals surface area contributed by atoms with E-state index in [0.717, 1.165) is 4.90 Å². The number of amides is 3. The molecule has 1 aliphatic rings. The molecule has 1 saturated heterocycles. The van der Waals surface area contributed by atoms with Gasteiger partial charge in [0.2, 0.25) is 11.8 Å². The van der Waals surface area contributed by atoms with Crippen LogP contribution in [0.25, 0.3) is 0 Å². The predicted octanol–water partition coefficient (Wildman–Crippen LogP) is 2.51. The summed E-state index contributed by atoms with van der Waals surface area (Å²) in [6, 6.07) is 10.0. The Bertz CT molecular complexity index is 940. The predicted molar refractivity (Wildman–Crippen MR) is 95.8 cm³/mol. The molecule has 0 aromatic heterocycles. The molecule has 0 aliphatic carbocycles. The minimum atomic E-state index is -0.629. The van der Waals surface area contributed by atoms with Crippen molar-refractivity contribution in [1.82, 2.24) is 0 Å². The largest absolute Gasteiger partial charge is 0.496 e. The highest BCUT2D eigenvalue weighted by atomic mass is 16.6. The smallest absolute Gasteiger partial charge is 0.296 e. The molecule has 1 aliphatic heterocycles. The van der Waals surface area contributed by atoms with Crippen molar-refractivity contribution in [3.05, 3.63) is 58.1 Å². The number of rotatable bonds is 5. The monoisotopic (exact) mass is 369 g/mol. The fourth-order valence-electron chi connectivity index (χ4n) is 2.74. The Morgan fingerprint density at radius 3 is 2.48 bits per heavy atom. The average Bonchev–Trinajstić information content (AvgIpc) is 3.00. The van der Waals surface area contributed by atoms with Crippen LogP contribution in [0.1, 0.15) is 23.2 Å². The van der Waals surface area contributed by atoms with Gasteiger partial charge in [0.15, 0.2) is 0 Å². The van der Waals surface area contributed by atoms with Crippen LogP contribution in [-0.4, -0.2) is 29.8 Å². The van der Waals surface area contributed by atoms with Crippen LogP contribution in [0, 0.1) is 10.1 Å². The topological polar surface area (TPSA) is 119 Å². The van der Waals surface area contributed by atoms with E-state index in [-0.39, 0.29) is 47.3 Å². The molecule has 0 bridgehead atoms. The molecule has 0 unspecified atom stereocenters. The van der Waals surface area contributed by atoms with Gasteiger partial charge in [-0.15, -0.1) is 0 Å². The first kappa shape index (κ1) is 18.1. The van der Waals surface area contributed by atoms with Crippen molar-refractivity contribution in [2.45, 2.75) is 12.8 Å². The molecule has 0 saturated carbocycles. The van der Waals surface area contributed by atoms with E-state index in [2.05, 4.69) is 5.32 Å². The van der Waals surface area contributed by atoms with Crippen LogP contribution < -0.4 is 15.0 Å². The van der Waals surface area contributed by atoms with Gasteiger partial charge in [-0.3, -0.25) is 29.4 Å². The van der Waals surface area contributed by atoms with Crippen LogP contribution in [0.3, 0.4) is 0 Å². The number of ether oxygens (including phenoxy) is 1. The zero-order chi connectivity index (χ0) is 19.6. The lowest BCUT2D eigenvalue weighted by atomic mass is 10.1.